The van der Waals surface area contributed by atoms with Crippen molar-refractivity contribution in [2.75, 3.05) is 0 Å². The van der Waals surface area contributed by atoms with Crippen molar-refractivity contribution in [3.05, 3.63) is 40.2 Å². The summed E-state index contributed by atoms with van der Waals surface area (Å²) in [7, 11) is 0. The van der Waals surface area contributed by atoms with Crippen molar-refractivity contribution in [3.63, 3.8) is 0 Å². The SMILES string of the molecule is CC(=NN)c1csc(-c2cccc(Cl)c2)c1O. The molecule has 0 spiro atoms. The minimum Gasteiger partial charge on any atom is -0.506 e. The first-order valence-corrected chi connectivity index (χ1v) is 6.20. The summed E-state index contributed by atoms with van der Waals surface area (Å²) in [6.07, 6.45) is 0. The minimum absolute atomic E-state index is 0.198. The number of benzene rings is 1. The third-order valence-corrected chi connectivity index (χ3v) is 3.69. The molecule has 88 valence electrons. The van der Waals surface area contributed by atoms with Gasteiger partial charge in [-0.25, -0.2) is 0 Å². The van der Waals surface area contributed by atoms with E-state index in [1.807, 2.05) is 23.6 Å². The Morgan fingerprint density at radius 3 is 2.88 bits per heavy atom. The molecule has 3 N–H and O–H groups in total. The molecule has 0 atom stereocenters. The smallest absolute Gasteiger partial charge is 0.143 e. The van der Waals surface area contributed by atoms with Gasteiger partial charge in [-0.05, 0) is 24.6 Å². The first-order valence-electron chi connectivity index (χ1n) is 4.94. The van der Waals surface area contributed by atoms with Crippen LogP contribution in [-0.4, -0.2) is 10.8 Å². The number of hydrogen-bond donors (Lipinski definition) is 2. The van der Waals surface area contributed by atoms with Crippen molar-refractivity contribution in [3.8, 4) is 16.2 Å². The van der Waals surface area contributed by atoms with Gasteiger partial charge in [0, 0.05) is 10.4 Å². The Bertz CT molecular complexity index is 578. The summed E-state index contributed by atoms with van der Waals surface area (Å²) in [4.78, 5) is 0.769. The van der Waals surface area contributed by atoms with Crippen molar-refractivity contribution in [1.82, 2.24) is 0 Å². The fourth-order valence-corrected chi connectivity index (χ4v) is 2.71. The quantitative estimate of drug-likeness (QED) is 0.497. The van der Waals surface area contributed by atoms with Gasteiger partial charge in [0.05, 0.1) is 16.2 Å². The van der Waals surface area contributed by atoms with Gasteiger partial charge in [-0.2, -0.15) is 5.10 Å². The molecule has 0 saturated heterocycles. The van der Waals surface area contributed by atoms with Gasteiger partial charge in [-0.3, -0.25) is 0 Å². The van der Waals surface area contributed by atoms with Crippen LogP contribution in [0.1, 0.15) is 12.5 Å². The first kappa shape index (κ1) is 12.0. The fourth-order valence-electron chi connectivity index (χ4n) is 1.51. The molecule has 0 aliphatic heterocycles. The van der Waals surface area contributed by atoms with Gasteiger partial charge in [0.2, 0.25) is 0 Å². The summed E-state index contributed by atoms with van der Waals surface area (Å²) in [5, 5.41) is 16.2. The maximum atomic E-state index is 10.1. The average molecular weight is 267 g/mol. The molecule has 1 aromatic heterocycles. The molecule has 2 rings (SSSR count). The molecule has 17 heavy (non-hydrogen) atoms. The zero-order valence-corrected chi connectivity index (χ0v) is 10.7. The van der Waals surface area contributed by atoms with Gasteiger partial charge >= 0.3 is 0 Å². The lowest BCUT2D eigenvalue weighted by Gasteiger charge is -2.01. The molecule has 0 fully saturated rings. The number of rotatable bonds is 2. The highest BCUT2D eigenvalue weighted by Gasteiger charge is 2.14. The van der Waals surface area contributed by atoms with Crippen molar-refractivity contribution in [2.24, 2.45) is 10.9 Å². The monoisotopic (exact) mass is 266 g/mol. The molecule has 0 saturated carbocycles. The second kappa shape index (κ2) is 4.77. The number of nitrogens with zero attached hydrogens (tertiary/aromatic N) is 1. The van der Waals surface area contributed by atoms with Crippen LogP contribution in [0.2, 0.25) is 5.02 Å². The van der Waals surface area contributed by atoms with Crippen molar-refractivity contribution >= 4 is 28.6 Å². The van der Waals surface area contributed by atoms with E-state index in [1.54, 1.807) is 13.0 Å². The van der Waals surface area contributed by atoms with E-state index in [-0.39, 0.29) is 5.75 Å². The van der Waals surface area contributed by atoms with Crippen LogP contribution < -0.4 is 5.84 Å². The Morgan fingerprint density at radius 2 is 2.24 bits per heavy atom. The van der Waals surface area contributed by atoms with Crippen molar-refractivity contribution in [1.29, 1.82) is 0 Å². The summed E-state index contributed by atoms with van der Waals surface area (Å²) >= 11 is 7.36. The van der Waals surface area contributed by atoms with E-state index in [0.717, 1.165) is 10.4 Å². The van der Waals surface area contributed by atoms with E-state index in [9.17, 15) is 5.11 Å². The van der Waals surface area contributed by atoms with Gasteiger partial charge < -0.3 is 10.9 Å². The largest absolute Gasteiger partial charge is 0.506 e. The second-order valence-corrected chi connectivity index (χ2v) is 4.87. The van der Waals surface area contributed by atoms with Crippen LogP contribution in [0.4, 0.5) is 0 Å². The fraction of sp³-hybridized carbons (Fsp3) is 0.0833. The molecule has 0 radical (unpaired) electrons. The first-order chi connectivity index (χ1) is 8.13. The molecule has 1 aromatic carbocycles. The average Bonchev–Trinajstić information content (AvgIpc) is 2.70. The highest BCUT2D eigenvalue weighted by Crippen LogP contribution is 2.39. The number of thiophene rings is 1. The lowest BCUT2D eigenvalue weighted by Crippen LogP contribution is -1.96. The molecule has 5 heteroatoms. The summed E-state index contributed by atoms with van der Waals surface area (Å²) in [6.45, 7) is 1.75. The maximum absolute atomic E-state index is 10.1. The minimum atomic E-state index is 0.198. The van der Waals surface area contributed by atoms with Crippen LogP contribution in [0.15, 0.2) is 34.7 Å². The van der Waals surface area contributed by atoms with Gasteiger partial charge in [0.25, 0.3) is 0 Å². The number of hydrazone groups is 1. The van der Waals surface area contributed by atoms with E-state index in [4.69, 9.17) is 17.4 Å². The molecular weight excluding hydrogens is 256 g/mol. The molecule has 0 bridgehead atoms. The van der Waals surface area contributed by atoms with Gasteiger partial charge in [0.1, 0.15) is 5.75 Å². The van der Waals surface area contributed by atoms with Gasteiger partial charge in [-0.15, -0.1) is 11.3 Å². The molecule has 0 amide bonds. The van der Waals surface area contributed by atoms with Crippen LogP contribution in [0.3, 0.4) is 0 Å². The normalized spacial score (nSPS) is 11.8. The Morgan fingerprint density at radius 1 is 1.47 bits per heavy atom. The topological polar surface area (TPSA) is 58.6 Å². The highest BCUT2D eigenvalue weighted by atomic mass is 35.5. The van der Waals surface area contributed by atoms with E-state index in [1.165, 1.54) is 11.3 Å². The summed E-state index contributed by atoms with van der Waals surface area (Å²) < 4.78 is 0. The Kier molecular flexibility index (Phi) is 3.36. The molecule has 1 heterocycles. The van der Waals surface area contributed by atoms with Gasteiger partial charge in [0.15, 0.2) is 0 Å². The zero-order valence-electron chi connectivity index (χ0n) is 9.14. The second-order valence-electron chi connectivity index (χ2n) is 3.55. The summed E-state index contributed by atoms with van der Waals surface area (Å²) in [6, 6.07) is 7.35. The third-order valence-electron chi connectivity index (χ3n) is 2.44. The van der Waals surface area contributed by atoms with Crippen LogP contribution in [0, 0.1) is 0 Å². The number of halogens is 1. The van der Waals surface area contributed by atoms with Crippen LogP contribution >= 0.6 is 22.9 Å². The highest BCUT2D eigenvalue weighted by molar-refractivity contribution is 7.14. The Labute approximate surface area is 108 Å². The Balaban J connectivity index is 2.51. The molecule has 0 aliphatic rings. The van der Waals surface area contributed by atoms with Gasteiger partial charge in [-0.1, -0.05) is 23.7 Å². The summed E-state index contributed by atoms with van der Waals surface area (Å²) in [5.74, 6) is 5.40. The molecule has 0 aliphatic carbocycles. The lowest BCUT2D eigenvalue weighted by atomic mass is 10.1. The van der Waals surface area contributed by atoms with Crippen LogP contribution in [-0.2, 0) is 0 Å². The summed E-state index contributed by atoms with van der Waals surface area (Å²) in [5.41, 5.74) is 2.15. The Hall–Kier alpha value is -1.52. The number of hydrogen-bond acceptors (Lipinski definition) is 4. The molecular formula is C12H11ClN2OS. The van der Waals surface area contributed by atoms with E-state index < -0.39 is 0 Å². The zero-order chi connectivity index (χ0) is 12.4. The van der Waals surface area contributed by atoms with Crippen molar-refractivity contribution in [2.45, 2.75) is 6.92 Å². The standard InChI is InChI=1S/C12H11ClN2OS/c1-7(15-14)10-6-17-12(11(10)16)8-3-2-4-9(13)5-8/h2-6,16H,14H2,1H3. The maximum Gasteiger partial charge on any atom is 0.143 e. The lowest BCUT2D eigenvalue weighted by molar-refractivity contribution is 0.478. The predicted octanol–water partition coefficient (Wildman–Crippen LogP) is 3.46. The number of nitrogens with two attached hydrogens (primary N) is 1. The van der Waals surface area contributed by atoms with Crippen LogP contribution in [0.5, 0.6) is 5.75 Å². The molecule has 0 unspecified atom stereocenters. The van der Waals surface area contributed by atoms with E-state index in [2.05, 4.69) is 5.10 Å². The molecule has 3 nitrogen and oxygen atoms in total. The number of aromatic hydroxyl groups is 1. The van der Waals surface area contributed by atoms with Crippen LogP contribution in [0.25, 0.3) is 10.4 Å². The van der Waals surface area contributed by atoms with E-state index in [0.29, 0.717) is 16.3 Å². The predicted molar refractivity (Wildman–Crippen MR) is 72.8 cm³/mol. The third kappa shape index (κ3) is 2.28. The molecule has 2 aromatic rings. The van der Waals surface area contributed by atoms with E-state index >= 15 is 0 Å². The van der Waals surface area contributed by atoms with Crippen molar-refractivity contribution < 1.29 is 5.11 Å².